The van der Waals surface area contributed by atoms with Crippen molar-refractivity contribution in [2.45, 2.75) is 45.3 Å². The molecule has 2 N–H and O–H groups in total. The highest BCUT2D eigenvalue weighted by Gasteiger charge is 2.28. The van der Waals surface area contributed by atoms with E-state index in [1.807, 2.05) is 13.8 Å². The molecular weight excluding hydrogens is 228 g/mol. The Labute approximate surface area is 108 Å². The number of pyridine rings is 1. The molecule has 4 heteroatoms. The van der Waals surface area contributed by atoms with Crippen molar-refractivity contribution >= 4 is 5.78 Å². The van der Waals surface area contributed by atoms with Crippen LogP contribution in [-0.2, 0) is 0 Å². The summed E-state index contributed by atoms with van der Waals surface area (Å²) in [5.41, 5.74) is 6.48. The molecule has 1 saturated carbocycles. The number of nitrogens with two attached hydrogens (primary N) is 1. The summed E-state index contributed by atoms with van der Waals surface area (Å²) in [6.07, 6.45) is 5.93. The van der Waals surface area contributed by atoms with Crippen molar-refractivity contribution in [2.75, 3.05) is 0 Å². The van der Waals surface area contributed by atoms with E-state index in [9.17, 15) is 4.79 Å². The zero-order valence-corrected chi connectivity index (χ0v) is 10.9. The Bertz CT molecular complexity index is 432. The zero-order chi connectivity index (χ0) is 13.1. The summed E-state index contributed by atoms with van der Waals surface area (Å²) < 4.78 is 5.55. The van der Waals surface area contributed by atoms with Crippen molar-refractivity contribution in [1.82, 2.24) is 4.98 Å². The molecule has 1 heterocycles. The number of hydrogen-bond acceptors (Lipinski definition) is 4. The molecule has 0 radical (unpaired) electrons. The highest BCUT2D eigenvalue weighted by atomic mass is 16.5. The number of rotatable bonds is 4. The molecule has 1 aromatic rings. The number of hydrogen-bond donors (Lipinski definition) is 1. The first-order valence-electron chi connectivity index (χ1n) is 6.47. The van der Waals surface area contributed by atoms with Gasteiger partial charge in [0.15, 0.2) is 5.78 Å². The molecule has 0 bridgehead atoms. The molecule has 0 aromatic carbocycles. The van der Waals surface area contributed by atoms with Crippen molar-refractivity contribution < 1.29 is 9.53 Å². The third-order valence-electron chi connectivity index (χ3n) is 3.21. The van der Waals surface area contributed by atoms with Gasteiger partial charge in [0.05, 0.1) is 12.3 Å². The lowest BCUT2D eigenvalue weighted by Gasteiger charge is -2.12. The van der Waals surface area contributed by atoms with Gasteiger partial charge < -0.3 is 10.5 Å². The van der Waals surface area contributed by atoms with Crippen LogP contribution in [0.4, 0.5) is 0 Å². The van der Waals surface area contributed by atoms with Gasteiger partial charge in [0, 0.05) is 23.7 Å². The topological polar surface area (TPSA) is 65.2 Å². The minimum atomic E-state index is 0.0519. The average Bonchev–Trinajstić information content (AvgIpc) is 2.74. The van der Waals surface area contributed by atoms with E-state index in [2.05, 4.69) is 4.98 Å². The van der Waals surface area contributed by atoms with Crippen LogP contribution < -0.4 is 10.5 Å². The van der Waals surface area contributed by atoms with Crippen LogP contribution in [0.25, 0.3) is 0 Å². The zero-order valence-electron chi connectivity index (χ0n) is 10.9. The molecule has 0 amide bonds. The lowest BCUT2D eigenvalue weighted by Crippen LogP contribution is -2.18. The van der Waals surface area contributed by atoms with Crippen LogP contribution in [0, 0.1) is 5.92 Å². The maximum absolute atomic E-state index is 12.3. The minimum absolute atomic E-state index is 0.0519. The van der Waals surface area contributed by atoms with E-state index < -0.39 is 0 Å². The number of Topliss-reactive ketones (excluding diaryl/α,β-unsaturated/α-hetero) is 1. The van der Waals surface area contributed by atoms with Gasteiger partial charge in [-0.15, -0.1) is 0 Å². The van der Waals surface area contributed by atoms with Crippen LogP contribution in [0.15, 0.2) is 18.5 Å². The van der Waals surface area contributed by atoms with Gasteiger partial charge in [0.25, 0.3) is 0 Å². The van der Waals surface area contributed by atoms with Gasteiger partial charge in [-0.25, -0.2) is 0 Å². The Morgan fingerprint density at radius 2 is 2.22 bits per heavy atom. The molecule has 1 aromatic heterocycles. The Hall–Kier alpha value is -1.42. The molecular formula is C14H20N2O2. The van der Waals surface area contributed by atoms with Crippen LogP contribution in [0.1, 0.15) is 43.5 Å². The number of carbonyl (C=O) groups excluding carboxylic acids is 1. The van der Waals surface area contributed by atoms with Crippen LogP contribution in [-0.4, -0.2) is 22.9 Å². The van der Waals surface area contributed by atoms with Gasteiger partial charge >= 0.3 is 0 Å². The summed E-state index contributed by atoms with van der Waals surface area (Å²) in [6.45, 7) is 3.90. The minimum Gasteiger partial charge on any atom is -0.489 e. The van der Waals surface area contributed by atoms with Crippen molar-refractivity contribution in [3.05, 3.63) is 24.0 Å². The van der Waals surface area contributed by atoms with Gasteiger partial charge in [-0.05, 0) is 39.2 Å². The van der Waals surface area contributed by atoms with E-state index in [-0.39, 0.29) is 23.8 Å². The number of ketones is 1. The van der Waals surface area contributed by atoms with Crippen molar-refractivity contribution in [2.24, 2.45) is 11.7 Å². The lowest BCUT2D eigenvalue weighted by molar-refractivity contribution is 0.0920. The SMILES string of the molecule is CC(C)Oc1cncc(C(=O)C2CCC(N)C2)c1. The summed E-state index contributed by atoms with van der Waals surface area (Å²) >= 11 is 0. The number of ether oxygens (including phenoxy) is 1. The Morgan fingerprint density at radius 3 is 2.83 bits per heavy atom. The molecule has 2 unspecified atom stereocenters. The van der Waals surface area contributed by atoms with Crippen LogP contribution in [0.5, 0.6) is 5.75 Å². The largest absolute Gasteiger partial charge is 0.489 e. The first kappa shape index (κ1) is 13.0. The molecule has 2 atom stereocenters. The van der Waals surface area contributed by atoms with Crippen molar-refractivity contribution in [1.29, 1.82) is 0 Å². The second kappa shape index (κ2) is 5.48. The van der Waals surface area contributed by atoms with Gasteiger partial charge in [-0.2, -0.15) is 0 Å². The maximum Gasteiger partial charge on any atom is 0.167 e. The second-order valence-electron chi connectivity index (χ2n) is 5.21. The monoisotopic (exact) mass is 248 g/mol. The van der Waals surface area contributed by atoms with Crippen molar-refractivity contribution in [3.63, 3.8) is 0 Å². The van der Waals surface area contributed by atoms with Crippen molar-refractivity contribution in [3.8, 4) is 5.75 Å². The number of carbonyl (C=O) groups is 1. The molecule has 4 nitrogen and oxygen atoms in total. The summed E-state index contributed by atoms with van der Waals surface area (Å²) in [5, 5.41) is 0. The van der Waals surface area contributed by atoms with E-state index in [0.29, 0.717) is 11.3 Å². The fourth-order valence-electron chi connectivity index (χ4n) is 2.38. The van der Waals surface area contributed by atoms with E-state index in [1.165, 1.54) is 0 Å². The summed E-state index contributed by atoms with van der Waals surface area (Å²) in [6, 6.07) is 1.95. The highest BCUT2D eigenvalue weighted by Crippen LogP contribution is 2.28. The van der Waals surface area contributed by atoms with Crippen LogP contribution in [0.2, 0.25) is 0 Å². The van der Waals surface area contributed by atoms with Crippen LogP contribution in [0.3, 0.4) is 0 Å². The van der Waals surface area contributed by atoms with E-state index in [1.54, 1.807) is 18.5 Å². The predicted molar refractivity (Wildman–Crippen MR) is 69.6 cm³/mol. The smallest absolute Gasteiger partial charge is 0.167 e. The molecule has 1 aliphatic carbocycles. The summed E-state index contributed by atoms with van der Waals surface area (Å²) in [5.74, 6) is 0.846. The van der Waals surface area contributed by atoms with Gasteiger partial charge in [0.1, 0.15) is 5.75 Å². The fraction of sp³-hybridized carbons (Fsp3) is 0.571. The lowest BCUT2D eigenvalue weighted by atomic mass is 9.97. The Balaban J connectivity index is 2.10. The van der Waals surface area contributed by atoms with E-state index in [4.69, 9.17) is 10.5 Å². The molecule has 98 valence electrons. The van der Waals surface area contributed by atoms with E-state index in [0.717, 1.165) is 19.3 Å². The first-order valence-corrected chi connectivity index (χ1v) is 6.47. The first-order chi connectivity index (χ1) is 8.56. The van der Waals surface area contributed by atoms with Gasteiger partial charge in [0.2, 0.25) is 0 Å². The molecule has 0 spiro atoms. The Morgan fingerprint density at radius 1 is 1.44 bits per heavy atom. The Kier molecular flexibility index (Phi) is 3.97. The molecule has 1 fully saturated rings. The van der Waals surface area contributed by atoms with Gasteiger partial charge in [-0.3, -0.25) is 9.78 Å². The highest BCUT2D eigenvalue weighted by molar-refractivity contribution is 5.98. The molecule has 0 saturated heterocycles. The fourth-order valence-corrected chi connectivity index (χ4v) is 2.38. The number of nitrogens with zero attached hydrogens (tertiary/aromatic N) is 1. The summed E-state index contributed by atoms with van der Waals surface area (Å²) in [7, 11) is 0. The molecule has 1 aliphatic rings. The summed E-state index contributed by atoms with van der Waals surface area (Å²) in [4.78, 5) is 16.4. The third kappa shape index (κ3) is 3.07. The average molecular weight is 248 g/mol. The normalized spacial score (nSPS) is 23.3. The molecule has 0 aliphatic heterocycles. The maximum atomic E-state index is 12.3. The molecule has 18 heavy (non-hydrogen) atoms. The predicted octanol–water partition coefficient (Wildman–Crippen LogP) is 2.18. The van der Waals surface area contributed by atoms with Crippen LogP contribution >= 0.6 is 0 Å². The quantitative estimate of drug-likeness (QED) is 0.829. The van der Waals surface area contributed by atoms with E-state index >= 15 is 0 Å². The molecule has 2 rings (SSSR count). The number of aromatic nitrogens is 1. The third-order valence-corrected chi connectivity index (χ3v) is 3.21. The second-order valence-corrected chi connectivity index (χ2v) is 5.21. The van der Waals surface area contributed by atoms with Gasteiger partial charge in [-0.1, -0.05) is 0 Å². The standard InChI is InChI=1S/C14H20N2O2/c1-9(2)18-13-6-11(7-16-8-13)14(17)10-3-4-12(15)5-10/h6-10,12H,3-5,15H2,1-2H3.